The Morgan fingerprint density at radius 2 is 2.18 bits per heavy atom. The zero-order valence-corrected chi connectivity index (χ0v) is 11.2. The molecular weight excluding hydrogens is 239 g/mol. The Hall–Kier alpha value is -0.840. The summed E-state index contributed by atoms with van der Waals surface area (Å²) in [6, 6.07) is 1.77. The zero-order chi connectivity index (χ0) is 12.7. The van der Waals surface area contributed by atoms with Gasteiger partial charge in [0.2, 0.25) is 0 Å². The molecule has 0 atom stereocenters. The van der Waals surface area contributed by atoms with Gasteiger partial charge in [0.1, 0.15) is 0 Å². The lowest BCUT2D eigenvalue weighted by atomic mass is 10.3. The van der Waals surface area contributed by atoms with E-state index in [4.69, 9.17) is 0 Å². The van der Waals surface area contributed by atoms with Gasteiger partial charge in [-0.25, -0.2) is 0 Å². The molecular formula is C12H19FN2OS. The molecule has 1 aromatic heterocycles. The van der Waals surface area contributed by atoms with E-state index in [9.17, 15) is 9.18 Å². The average Bonchev–Trinajstić information content (AvgIpc) is 2.28. The van der Waals surface area contributed by atoms with Crippen LogP contribution in [0.2, 0.25) is 0 Å². The summed E-state index contributed by atoms with van der Waals surface area (Å²) in [5, 5.41) is 0.757. The first kappa shape index (κ1) is 14.2. The van der Waals surface area contributed by atoms with Gasteiger partial charge >= 0.3 is 0 Å². The van der Waals surface area contributed by atoms with Crippen LogP contribution in [0.25, 0.3) is 0 Å². The SMILES string of the molecule is CC(C)n1ccc(=O)nc1SCCCCCF. The highest BCUT2D eigenvalue weighted by atomic mass is 32.2. The maximum atomic E-state index is 11.9. The third kappa shape index (κ3) is 4.89. The van der Waals surface area contributed by atoms with E-state index in [1.54, 1.807) is 18.0 Å². The minimum atomic E-state index is -0.245. The highest BCUT2D eigenvalue weighted by molar-refractivity contribution is 7.99. The number of thioether (sulfide) groups is 1. The van der Waals surface area contributed by atoms with Crippen LogP contribution < -0.4 is 5.56 Å². The van der Waals surface area contributed by atoms with Gasteiger partial charge < -0.3 is 4.57 Å². The third-order valence-corrected chi connectivity index (χ3v) is 3.42. The van der Waals surface area contributed by atoms with Crippen molar-refractivity contribution in [2.24, 2.45) is 0 Å². The molecule has 0 aliphatic heterocycles. The van der Waals surface area contributed by atoms with Gasteiger partial charge in [0.05, 0.1) is 6.67 Å². The van der Waals surface area contributed by atoms with E-state index in [1.165, 1.54) is 6.07 Å². The summed E-state index contributed by atoms with van der Waals surface area (Å²) in [7, 11) is 0. The van der Waals surface area contributed by atoms with Gasteiger partial charge in [0, 0.05) is 24.1 Å². The molecule has 1 heterocycles. The summed E-state index contributed by atoms with van der Waals surface area (Å²) in [5.74, 6) is 0.878. The number of unbranched alkanes of at least 4 members (excludes halogenated alkanes) is 2. The molecule has 1 aromatic rings. The number of halogens is 1. The van der Waals surface area contributed by atoms with Crippen LogP contribution in [0.4, 0.5) is 4.39 Å². The van der Waals surface area contributed by atoms with Crippen LogP contribution in [0.3, 0.4) is 0 Å². The number of aromatic nitrogens is 2. The highest BCUT2D eigenvalue weighted by Crippen LogP contribution is 2.19. The van der Waals surface area contributed by atoms with E-state index in [2.05, 4.69) is 18.8 Å². The van der Waals surface area contributed by atoms with Crippen molar-refractivity contribution in [1.29, 1.82) is 0 Å². The fourth-order valence-electron chi connectivity index (χ4n) is 1.43. The van der Waals surface area contributed by atoms with Crippen LogP contribution >= 0.6 is 11.8 Å². The van der Waals surface area contributed by atoms with E-state index in [0.29, 0.717) is 6.42 Å². The summed E-state index contributed by atoms with van der Waals surface area (Å²) in [4.78, 5) is 15.2. The van der Waals surface area contributed by atoms with Gasteiger partial charge in [-0.15, -0.1) is 0 Å². The fourth-order valence-corrected chi connectivity index (χ4v) is 2.54. The number of hydrogen-bond donors (Lipinski definition) is 0. The average molecular weight is 258 g/mol. The third-order valence-electron chi connectivity index (χ3n) is 2.37. The second-order valence-electron chi connectivity index (χ2n) is 4.15. The molecule has 0 aromatic carbocycles. The largest absolute Gasteiger partial charge is 0.325 e. The van der Waals surface area contributed by atoms with Gasteiger partial charge in [-0.2, -0.15) is 4.98 Å². The van der Waals surface area contributed by atoms with Crippen molar-refractivity contribution in [2.75, 3.05) is 12.4 Å². The summed E-state index contributed by atoms with van der Waals surface area (Å²) < 4.78 is 13.9. The van der Waals surface area contributed by atoms with E-state index in [0.717, 1.165) is 23.8 Å². The van der Waals surface area contributed by atoms with Gasteiger partial charge in [-0.1, -0.05) is 18.2 Å². The zero-order valence-electron chi connectivity index (χ0n) is 10.4. The summed E-state index contributed by atoms with van der Waals surface area (Å²) >= 11 is 1.57. The Morgan fingerprint density at radius 3 is 2.82 bits per heavy atom. The Kier molecular flexibility index (Phi) is 6.26. The maximum absolute atomic E-state index is 11.9. The molecule has 3 nitrogen and oxygen atoms in total. The molecule has 1 rings (SSSR count). The Labute approximate surface area is 105 Å². The smallest absolute Gasteiger partial charge is 0.273 e. The molecule has 96 valence electrons. The predicted octanol–water partition coefficient (Wildman–Crippen LogP) is 3.06. The second-order valence-corrected chi connectivity index (χ2v) is 5.21. The van der Waals surface area contributed by atoms with Crippen LogP contribution in [-0.2, 0) is 0 Å². The molecule has 0 amide bonds. The quantitative estimate of drug-likeness (QED) is 0.428. The molecule has 0 unspecified atom stereocenters. The minimum Gasteiger partial charge on any atom is -0.325 e. The standard InChI is InChI=1S/C12H19FN2OS/c1-10(2)15-8-6-11(16)14-12(15)17-9-5-3-4-7-13/h6,8,10H,3-5,7,9H2,1-2H3. The normalized spacial score (nSPS) is 11.1. The van der Waals surface area contributed by atoms with E-state index < -0.39 is 0 Å². The molecule has 0 spiro atoms. The molecule has 0 N–H and O–H groups in total. The number of hydrogen-bond acceptors (Lipinski definition) is 3. The lowest BCUT2D eigenvalue weighted by Gasteiger charge is -2.14. The molecule has 0 radical (unpaired) electrons. The first-order valence-electron chi connectivity index (χ1n) is 5.93. The van der Waals surface area contributed by atoms with E-state index in [-0.39, 0.29) is 18.3 Å². The van der Waals surface area contributed by atoms with Gasteiger partial charge in [-0.3, -0.25) is 9.18 Å². The lowest BCUT2D eigenvalue weighted by molar-refractivity contribution is 0.460. The van der Waals surface area contributed by atoms with Crippen molar-refractivity contribution in [2.45, 2.75) is 44.3 Å². The number of nitrogens with zero attached hydrogens (tertiary/aromatic N) is 2. The number of alkyl halides is 1. The van der Waals surface area contributed by atoms with Gasteiger partial charge in [0.25, 0.3) is 5.56 Å². The van der Waals surface area contributed by atoms with Gasteiger partial charge in [0.15, 0.2) is 5.16 Å². The first-order valence-corrected chi connectivity index (χ1v) is 6.91. The molecule has 0 saturated carbocycles. The van der Waals surface area contributed by atoms with Crippen molar-refractivity contribution in [1.82, 2.24) is 9.55 Å². The Morgan fingerprint density at radius 1 is 1.41 bits per heavy atom. The molecule has 0 saturated heterocycles. The monoisotopic (exact) mass is 258 g/mol. The van der Waals surface area contributed by atoms with E-state index >= 15 is 0 Å². The Balaban J connectivity index is 2.56. The van der Waals surface area contributed by atoms with Crippen molar-refractivity contribution >= 4 is 11.8 Å². The number of rotatable bonds is 7. The first-order chi connectivity index (χ1) is 8.15. The molecule has 5 heteroatoms. The lowest BCUT2D eigenvalue weighted by Crippen LogP contribution is -2.14. The Bertz CT molecular complexity index is 392. The van der Waals surface area contributed by atoms with Gasteiger partial charge in [-0.05, 0) is 26.7 Å². The van der Waals surface area contributed by atoms with Crippen LogP contribution in [0.1, 0.15) is 39.2 Å². The summed E-state index contributed by atoms with van der Waals surface area (Å²) in [5.41, 5.74) is -0.201. The minimum absolute atomic E-state index is 0.201. The summed E-state index contributed by atoms with van der Waals surface area (Å²) in [6.45, 7) is 3.86. The van der Waals surface area contributed by atoms with Crippen LogP contribution in [0.5, 0.6) is 0 Å². The van der Waals surface area contributed by atoms with E-state index in [1.807, 2.05) is 4.57 Å². The summed E-state index contributed by atoms with van der Waals surface area (Å²) in [6.07, 6.45) is 4.25. The predicted molar refractivity (Wildman–Crippen MR) is 69.4 cm³/mol. The van der Waals surface area contributed by atoms with Crippen LogP contribution in [0, 0.1) is 0 Å². The van der Waals surface area contributed by atoms with Crippen molar-refractivity contribution < 1.29 is 4.39 Å². The maximum Gasteiger partial charge on any atom is 0.273 e. The van der Waals surface area contributed by atoms with Crippen molar-refractivity contribution in [3.8, 4) is 0 Å². The second kappa shape index (κ2) is 7.48. The molecule has 0 aliphatic carbocycles. The van der Waals surface area contributed by atoms with Crippen LogP contribution in [0.15, 0.2) is 22.2 Å². The highest BCUT2D eigenvalue weighted by Gasteiger charge is 2.06. The topological polar surface area (TPSA) is 34.9 Å². The molecule has 17 heavy (non-hydrogen) atoms. The molecule has 0 aliphatic rings. The molecule has 0 bridgehead atoms. The van der Waals surface area contributed by atoms with Crippen molar-refractivity contribution in [3.63, 3.8) is 0 Å². The van der Waals surface area contributed by atoms with Crippen molar-refractivity contribution in [3.05, 3.63) is 22.6 Å². The fraction of sp³-hybridized carbons (Fsp3) is 0.667. The molecule has 0 fully saturated rings. The van der Waals surface area contributed by atoms with Crippen LogP contribution in [-0.4, -0.2) is 22.0 Å².